The van der Waals surface area contributed by atoms with Crippen molar-refractivity contribution >= 4 is 28.1 Å². The fourth-order valence-corrected chi connectivity index (χ4v) is 1.14. The molecule has 0 aromatic carbocycles. The van der Waals surface area contributed by atoms with Gasteiger partial charge in [-0.25, -0.2) is 0 Å². The highest BCUT2D eigenvalue weighted by molar-refractivity contribution is 9.10. The quantitative estimate of drug-likeness (QED) is 0.642. The van der Waals surface area contributed by atoms with Gasteiger partial charge in [-0.3, -0.25) is 0 Å². The summed E-state index contributed by atoms with van der Waals surface area (Å²) in [6.45, 7) is 1.98. The first kappa shape index (κ1) is 6.96. The predicted octanol–water partition coefficient (Wildman–Crippen LogP) is 2.82. The van der Waals surface area contributed by atoms with Crippen molar-refractivity contribution in [1.82, 2.24) is 4.98 Å². The lowest BCUT2D eigenvalue weighted by Gasteiger charge is -1.91. The summed E-state index contributed by atoms with van der Waals surface area (Å²) in [4.78, 5) is 2.94. The Balaban J connectivity index is 3.34. The summed E-state index contributed by atoms with van der Waals surface area (Å²) < 4.78 is 1.84. The van der Waals surface area contributed by atoms with E-state index in [1.54, 1.807) is 0 Å². The summed E-state index contributed by atoms with van der Waals surface area (Å²) in [5.74, 6) is 0. The molecule has 1 aromatic heterocycles. The lowest BCUT2D eigenvalue weighted by atomic mass is 10.3. The molecule has 9 heavy (non-hydrogen) atoms. The molecule has 1 N–H and O–H groups in total. The third-order valence-electron chi connectivity index (χ3n) is 1.05. The number of H-pyrrole nitrogens is 1. The van der Waals surface area contributed by atoms with Gasteiger partial charge in [0.15, 0.2) is 0 Å². The van der Waals surface area contributed by atoms with Crippen LogP contribution in [0.3, 0.4) is 0 Å². The molecule has 1 nitrogen and oxygen atoms in total. The number of halogens is 1. The van der Waals surface area contributed by atoms with Crippen LogP contribution in [0.2, 0.25) is 0 Å². The number of aromatic amines is 1. The predicted molar refractivity (Wildman–Crippen MR) is 44.1 cm³/mol. The van der Waals surface area contributed by atoms with Crippen molar-refractivity contribution in [1.29, 1.82) is 0 Å². The van der Waals surface area contributed by atoms with Crippen molar-refractivity contribution in [2.24, 2.45) is 0 Å². The molecular weight excluding hydrogens is 198 g/mol. The summed E-state index contributed by atoms with van der Waals surface area (Å²) >= 11 is 8.26. The maximum absolute atomic E-state index is 4.94. The van der Waals surface area contributed by atoms with Gasteiger partial charge in [0.2, 0.25) is 0 Å². The van der Waals surface area contributed by atoms with Crippen LogP contribution in [-0.2, 0) is 0 Å². The van der Waals surface area contributed by atoms with E-state index in [2.05, 4.69) is 20.9 Å². The van der Waals surface area contributed by atoms with Crippen molar-refractivity contribution < 1.29 is 0 Å². The molecule has 0 aliphatic rings. The molecular formula is C6H6BrNS. The third-order valence-corrected chi connectivity index (χ3v) is 1.95. The minimum atomic E-state index is 0.804. The van der Waals surface area contributed by atoms with Crippen molar-refractivity contribution in [2.75, 3.05) is 0 Å². The Labute approximate surface area is 67.2 Å². The molecule has 0 aliphatic heterocycles. The van der Waals surface area contributed by atoms with Crippen molar-refractivity contribution in [3.63, 3.8) is 0 Å². The molecule has 1 rings (SSSR count). The maximum atomic E-state index is 4.94. The molecule has 0 atom stereocenters. The van der Waals surface area contributed by atoms with Gasteiger partial charge in [-0.1, -0.05) is 12.2 Å². The zero-order valence-electron chi connectivity index (χ0n) is 4.94. The highest BCUT2D eigenvalue weighted by atomic mass is 79.9. The second-order valence-electron chi connectivity index (χ2n) is 1.83. The lowest BCUT2D eigenvalue weighted by molar-refractivity contribution is 1.22. The van der Waals surface area contributed by atoms with E-state index in [0.29, 0.717) is 0 Å². The van der Waals surface area contributed by atoms with Crippen LogP contribution >= 0.6 is 28.1 Å². The van der Waals surface area contributed by atoms with Crippen LogP contribution < -0.4 is 0 Å². The molecule has 0 radical (unpaired) electrons. The van der Waals surface area contributed by atoms with Gasteiger partial charge in [0.25, 0.3) is 0 Å². The first-order valence-electron chi connectivity index (χ1n) is 2.55. The first-order chi connectivity index (χ1) is 4.20. The molecule has 0 unspecified atom stereocenters. The van der Waals surface area contributed by atoms with Crippen LogP contribution in [-0.4, -0.2) is 4.98 Å². The average Bonchev–Trinajstić information content (AvgIpc) is 1.80. The van der Waals surface area contributed by atoms with Gasteiger partial charge in [0.1, 0.15) is 4.64 Å². The van der Waals surface area contributed by atoms with Crippen LogP contribution in [0.25, 0.3) is 0 Å². The number of pyridine rings is 1. The highest BCUT2D eigenvalue weighted by Gasteiger charge is 1.87. The Morgan fingerprint density at radius 2 is 2.33 bits per heavy atom. The standard InChI is InChI=1S/C6H6BrNS/c1-4-2-5(7)3-8-6(4)9/h2-3H,1H3,(H,8,9). The maximum Gasteiger partial charge on any atom is 0.106 e. The monoisotopic (exact) mass is 203 g/mol. The van der Waals surface area contributed by atoms with Crippen LogP contribution in [0.5, 0.6) is 0 Å². The molecule has 0 amide bonds. The highest BCUT2D eigenvalue weighted by Crippen LogP contribution is 2.09. The molecule has 1 aromatic rings. The third kappa shape index (κ3) is 1.63. The van der Waals surface area contributed by atoms with E-state index >= 15 is 0 Å². The average molecular weight is 204 g/mol. The van der Waals surface area contributed by atoms with E-state index in [0.717, 1.165) is 14.7 Å². The lowest BCUT2D eigenvalue weighted by Crippen LogP contribution is -1.78. The van der Waals surface area contributed by atoms with E-state index in [1.165, 1.54) is 0 Å². The van der Waals surface area contributed by atoms with Gasteiger partial charge in [-0.05, 0) is 34.5 Å². The van der Waals surface area contributed by atoms with Gasteiger partial charge in [-0.2, -0.15) is 0 Å². The summed E-state index contributed by atoms with van der Waals surface area (Å²) in [5.41, 5.74) is 1.10. The van der Waals surface area contributed by atoms with Crippen LogP contribution in [0.1, 0.15) is 5.56 Å². The smallest absolute Gasteiger partial charge is 0.106 e. The fourth-order valence-electron chi connectivity index (χ4n) is 0.562. The van der Waals surface area contributed by atoms with Gasteiger partial charge >= 0.3 is 0 Å². The number of aryl methyl sites for hydroxylation is 1. The van der Waals surface area contributed by atoms with E-state index in [-0.39, 0.29) is 0 Å². The Morgan fingerprint density at radius 3 is 2.78 bits per heavy atom. The van der Waals surface area contributed by atoms with Crippen molar-refractivity contribution in [3.05, 3.63) is 26.9 Å². The first-order valence-corrected chi connectivity index (χ1v) is 3.75. The van der Waals surface area contributed by atoms with Gasteiger partial charge in [0.05, 0.1) is 0 Å². The number of nitrogens with one attached hydrogen (secondary N) is 1. The SMILES string of the molecule is Cc1cc(Br)c[nH]c1=S. The molecule has 0 bridgehead atoms. The second kappa shape index (κ2) is 2.62. The van der Waals surface area contributed by atoms with E-state index in [1.807, 2.05) is 19.2 Å². The summed E-state index contributed by atoms with van der Waals surface area (Å²) in [6, 6.07) is 1.98. The largest absolute Gasteiger partial charge is 0.352 e. The number of aromatic nitrogens is 1. The zero-order valence-corrected chi connectivity index (χ0v) is 7.34. The van der Waals surface area contributed by atoms with Crippen molar-refractivity contribution in [3.8, 4) is 0 Å². The molecule has 0 aliphatic carbocycles. The van der Waals surface area contributed by atoms with Crippen LogP contribution in [0.4, 0.5) is 0 Å². The minimum Gasteiger partial charge on any atom is -0.352 e. The molecule has 3 heteroatoms. The summed E-state index contributed by atoms with van der Waals surface area (Å²) in [6.07, 6.45) is 1.83. The number of hydrogen-bond donors (Lipinski definition) is 1. The number of hydrogen-bond acceptors (Lipinski definition) is 1. The van der Waals surface area contributed by atoms with Gasteiger partial charge in [0, 0.05) is 10.7 Å². The molecule has 48 valence electrons. The van der Waals surface area contributed by atoms with Gasteiger partial charge < -0.3 is 4.98 Å². The Morgan fingerprint density at radius 1 is 1.67 bits per heavy atom. The molecule has 0 saturated carbocycles. The number of rotatable bonds is 0. The summed E-state index contributed by atoms with van der Waals surface area (Å²) in [7, 11) is 0. The van der Waals surface area contributed by atoms with Crippen molar-refractivity contribution in [2.45, 2.75) is 6.92 Å². The molecule has 0 fully saturated rings. The fraction of sp³-hybridized carbons (Fsp3) is 0.167. The Hall–Kier alpha value is -0.150. The Kier molecular flexibility index (Phi) is 2.03. The van der Waals surface area contributed by atoms with E-state index in [9.17, 15) is 0 Å². The van der Waals surface area contributed by atoms with Gasteiger partial charge in [-0.15, -0.1) is 0 Å². The van der Waals surface area contributed by atoms with Crippen LogP contribution in [0.15, 0.2) is 16.7 Å². The van der Waals surface area contributed by atoms with E-state index in [4.69, 9.17) is 12.2 Å². The topological polar surface area (TPSA) is 15.8 Å². The molecule has 0 spiro atoms. The van der Waals surface area contributed by atoms with Crippen LogP contribution in [0, 0.1) is 11.6 Å². The molecule has 0 saturated heterocycles. The van der Waals surface area contributed by atoms with E-state index < -0.39 is 0 Å². The summed E-state index contributed by atoms with van der Waals surface area (Å²) in [5, 5.41) is 0. The minimum absolute atomic E-state index is 0.804. The zero-order chi connectivity index (χ0) is 6.85. The second-order valence-corrected chi connectivity index (χ2v) is 3.15. The molecule has 1 heterocycles. The Bertz CT molecular complexity index is 266. The normalized spacial score (nSPS) is 9.56.